The van der Waals surface area contributed by atoms with E-state index >= 15 is 0 Å². The number of benzene rings is 1. The van der Waals surface area contributed by atoms with Crippen LogP contribution < -0.4 is 21.7 Å². The number of rotatable bonds is 16. The molecular formula is C26H33N7O7S. The Kier molecular flexibility index (Phi) is 11.3. The van der Waals surface area contributed by atoms with Gasteiger partial charge in [-0.1, -0.05) is 18.2 Å². The summed E-state index contributed by atoms with van der Waals surface area (Å²) < 4.78 is 0. The summed E-state index contributed by atoms with van der Waals surface area (Å²) in [5.41, 5.74) is 7.69. The Bertz CT molecular complexity index is 1360. The number of amides is 3. The number of imidazole rings is 1. The molecule has 15 heteroatoms. The van der Waals surface area contributed by atoms with Gasteiger partial charge in [-0.3, -0.25) is 19.2 Å². The molecule has 2 aromatic heterocycles. The number of hydrogen-bond acceptors (Lipinski definition) is 8. The second-order valence-electron chi connectivity index (χ2n) is 9.35. The van der Waals surface area contributed by atoms with E-state index < -0.39 is 60.2 Å². The van der Waals surface area contributed by atoms with Crippen molar-refractivity contribution in [2.45, 2.75) is 49.9 Å². The second-order valence-corrected chi connectivity index (χ2v) is 10.3. The van der Waals surface area contributed by atoms with Crippen molar-refractivity contribution >= 4 is 52.3 Å². The zero-order chi connectivity index (χ0) is 29.9. The van der Waals surface area contributed by atoms with Gasteiger partial charge in [0.1, 0.15) is 18.1 Å². The molecule has 0 fully saturated rings. The number of carboxylic acid groups (broad SMARTS) is 2. The van der Waals surface area contributed by atoms with Crippen LogP contribution in [0.2, 0.25) is 0 Å². The van der Waals surface area contributed by atoms with Crippen LogP contribution in [-0.4, -0.2) is 91.0 Å². The first-order valence-corrected chi connectivity index (χ1v) is 14.1. The molecule has 220 valence electrons. The van der Waals surface area contributed by atoms with Crippen molar-refractivity contribution in [1.29, 1.82) is 0 Å². The molecule has 0 spiro atoms. The summed E-state index contributed by atoms with van der Waals surface area (Å²) in [6.45, 7) is 0. The molecule has 41 heavy (non-hydrogen) atoms. The molecule has 0 aliphatic rings. The maximum absolute atomic E-state index is 13.3. The van der Waals surface area contributed by atoms with Gasteiger partial charge in [0.15, 0.2) is 0 Å². The van der Waals surface area contributed by atoms with E-state index in [9.17, 15) is 29.1 Å². The highest BCUT2D eigenvalue weighted by Gasteiger charge is 2.31. The third kappa shape index (κ3) is 9.08. The predicted octanol–water partition coefficient (Wildman–Crippen LogP) is -0.230. The minimum absolute atomic E-state index is 0.00819. The van der Waals surface area contributed by atoms with Crippen molar-refractivity contribution in [3.8, 4) is 0 Å². The van der Waals surface area contributed by atoms with Gasteiger partial charge in [-0.2, -0.15) is 11.8 Å². The summed E-state index contributed by atoms with van der Waals surface area (Å²) >= 11 is 1.43. The molecular weight excluding hydrogens is 554 g/mol. The van der Waals surface area contributed by atoms with Crippen LogP contribution in [0.3, 0.4) is 0 Å². The highest BCUT2D eigenvalue weighted by Crippen LogP contribution is 2.19. The lowest BCUT2D eigenvalue weighted by atomic mass is 10.0. The topological polar surface area (TPSA) is 232 Å². The molecule has 4 unspecified atom stereocenters. The highest BCUT2D eigenvalue weighted by molar-refractivity contribution is 7.98. The van der Waals surface area contributed by atoms with Crippen LogP contribution in [-0.2, 0) is 36.8 Å². The molecule has 0 radical (unpaired) electrons. The molecule has 9 N–H and O–H groups in total. The third-order valence-electron chi connectivity index (χ3n) is 6.30. The first kappa shape index (κ1) is 31.2. The number of para-hydroxylation sites is 1. The largest absolute Gasteiger partial charge is 0.481 e. The minimum atomic E-state index is -1.40. The van der Waals surface area contributed by atoms with Gasteiger partial charge in [0.05, 0.1) is 18.8 Å². The molecule has 0 aliphatic heterocycles. The standard InChI is InChI=1S/C26H33N7O7S/c1-41-7-6-19(24(37)33-21(26(39)40)8-14-11-29-18-5-3-2-4-16(14)18)31-25(38)20(9-15-12-28-13-30-15)32-23(36)17(27)10-22(34)35/h2-5,11-13,17,19-21,29H,6-10,27H2,1H3,(H,28,30)(H,31,38)(H,32,36)(H,33,37)(H,34,35)(H,39,40). The van der Waals surface area contributed by atoms with E-state index in [1.165, 1.54) is 24.3 Å². The Morgan fingerprint density at radius 3 is 2.29 bits per heavy atom. The number of carboxylic acids is 2. The molecule has 0 bridgehead atoms. The quantitative estimate of drug-likeness (QED) is 0.110. The fourth-order valence-electron chi connectivity index (χ4n) is 4.15. The molecule has 3 rings (SSSR count). The highest BCUT2D eigenvalue weighted by atomic mass is 32.2. The fraction of sp³-hybridized carbons (Fsp3) is 0.385. The SMILES string of the molecule is CSCCC(NC(=O)C(Cc1cnc[nH]1)NC(=O)C(N)CC(=O)O)C(=O)NC(Cc1c[nH]c2ccccc12)C(=O)O. The lowest BCUT2D eigenvalue weighted by molar-refractivity contribution is -0.142. The predicted molar refractivity (Wildman–Crippen MR) is 151 cm³/mol. The summed E-state index contributed by atoms with van der Waals surface area (Å²) in [5, 5.41) is 27.2. The van der Waals surface area contributed by atoms with Gasteiger partial charge in [-0.15, -0.1) is 0 Å². The van der Waals surface area contributed by atoms with Gasteiger partial charge < -0.3 is 41.9 Å². The van der Waals surface area contributed by atoms with Gasteiger partial charge in [-0.05, 0) is 30.1 Å². The van der Waals surface area contributed by atoms with Crippen LogP contribution in [0.15, 0.2) is 43.0 Å². The average Bonchev–Trinajstić information content (AvgIpc) is 3.59. The van der Waals surface area contributed by atoms with Crippen molar-refractivity contribution in [2.24, 2.45) is 5.73 Å². The molecule has 3 amide bonds. The molecule has 1 aromatic carbocycles. The Morgan fingerprint density at radius 1 is 0.951 bits per heavy atom. The van der Waals surface area contributed by atoms with E-state index in [0.717, 1.165) is 10.9 Å². The normalized spacial score (nSPS) is 14.0. The summed E-state index contributed by atoms with van der Waals surface area (Å²) in [5.74, 6) is -4.34. The molecule has 14 nitrogen and oxygen atoms in total. The number of aliphatic carboxylic acids is 2. The zero-order valence-corrected chi connectivity index (χ0v) is 23.1. The third-order valence-corrected chi connectivity index (χ3v) is 6.94. The number of carbonyl (C=O) groups excluding carboxylic acids is 3. The Labute approximate surface area is 239 Å². The summed E-state index contributed by atoms with van der Waals surface area (Å²) in [7, 11) is 0. The lowest BCUT2D eigenvalue weighted by Crippen LogP contribution is -2.58. The monoisotopic (exact) mass is 587 g/mol. The fourth-order valence-corrected chi connectivity index (χ4v) is 4.63. The van der Waals surface area contributed by atoms with Crippen molar-refractivity contribution in [1.82, 2.24) is 30.9 Å². The second kappa shape index (κ2) is 14.9. The molecule has 2 heterocycles. The van der Waals surface area contributed by atoms with Gasteiger partial charge in [0, 0.05) is 41.8 Å². The van der Waals surface area contributed by atoms with E-state index in [4.69, 9.17) is 10.8 Å². The van der Waals surface area contributed by atoms with Crippen LogP contribution in [0.5, 0.6) is 0 Å². The molecule has 3 aromatic rings. The van der Waals surface area contributed by atoms with E-state index in [-0.39, 0.29) is 19.3 Å². The van der Waals surface area contributed by atoms with E-state index in [1.807, 2.05) is 30.5 Å². The van der Waals surface area contributed by atoms with Crippen LogP contribution in [0.4, 0.5) is 0 Å². The van der Waals surface area contributed by atoms with Gasteiger partial charge in [-0.25, -0.2) is 9.78 Å². The van der Waals surface area contributed by atoms with Crippen LogP contribution >= 0.6 is 11.8 Å². The van der Waals surface area contributed by atoms with Crippen molar-refractivity contribution in [2.75, 3.05) is 12.0 Å². The van der Waals surface area contributed by atoms with Gasteiger partial charge >= 0.3 is 11.9 Å². The molecule has 4 atom stereocenters. The van der Waals surface area contributed by atoms with Crippen molar-refractivity contribution in [3.05, 3.63) is 54.2 Å². The lowest BCUT2D eigenvalue weighted by Gasteiger charge is -2.25. The molecule has 0 saturated heterocycles. The maximum Gasteiger partial charge on any atom is 0.326 e. The van der Waals surface area contributed by atoms with Gasteiger partial charge in [0.2, 0.25) is 17.7 Å². The number of H-pyrrole nitrogens is 2. The Balaban J connectivity index is 1.75. The van der Waals surface area contributed by atoms with Gasteiger partial charge in [0.25, 0.3) is 0 Å². The maximum atomic E-state index is 13.3. The number of carbonyl (C=O) groups is 5. The first-order chi connectivity index (χ1) is 19.6. The number of hydrogen-bond donors (Lipinski definition) is 8. The zero-order valence-electron chi connectivity index (χ0n) is 22.3. The summed E-state index contributed by atoms with van der Waals surface area (Å²) in [6.07, 6.45) is 5.84. The number of thioether (sulfide) groups is 1. The van der Waals surface area contributed by atoms with E-state index in [2.05, 4.69) is 30.9 Å². The number of fused-ring (bicyclic) bond motifs is 1. The van der Waals surface area contributed by atoms with Crippen LogP contribution in [0.25, 0.3) is 10.9 Å². The number of nitrogens with one attached hydrogen (secondary N) is 5. The Hall–Kier alpha value is -4.37. The Morgan fingerprint density at radius 2 is 1.63 bits per heavy atom. The molecule has 0 aliphatic carbocycles. The number of aromatic nitrogens is 3. The van der Waals surface area contributed by atoms with Crippen molar-refractivity contribution < 1.29 is 34.2 Å². The molecule has 0 saturated carbocycles. The summed E-state index contributed by atoms with van der Waals surface area (Å²) in [6, 6.07) is 2.36. The minimum Gasteiger partial charge on any atom is -0.481 e. The van der Waals surface area contributed by atoms with Crippen molar-refractivity contribution in [3.63, 3.8) is 0 Å². The van der Waals surface area contributed by atoms with Crippen LogP contribution in [0, 0.1) is 0 Å². The van der Waals surface area contributed by atoms with E-state index in [1.54, 1.807) is 6.20 Å². The van der Waals surface area contributed by atoms with Crippen LogP contribution in [0.1, 0.15) is 24.1 Å². The number of nitrogens with zero attached hydrogens (tertiary/aromatic N) is 1. The average molecular weight is 588 g/mol. The number of aromatic amines is 2. The number of nitrogens with two attached hydrogens (primary N) is 1. The smallest absolute Gasteiger partial charge is 0.326 e. The first-order valence-electron chi connectivity index (χ1n) is 12.7. The summed E-state index contributed by atoms with van der Waals surface area (Å²) in [4.78, 5) is 72.0. The van der Waals surface area contributed by atoms with E-state index in [0.29, 0.717) is 17.0 Å².